The Kier molecular flexibility index (Phi) is 3.53. The van der Waals surface area contributed by atoms with E-state index >= 15 is 0 Å². The highest BCUT2D eigenvalue weighted by atomic mass is 15.6. The first kappa shape index (κ1) is 11.5. The van der Waals surface area contributed by atoms with Crippen LogP contribution in [0.5, 0.6) is 0 Å². The molecule has 1 N–H and O–H groups in total. The van der Waals surface area contributed by atoms with Crippen molar-refractivity contribution in [2.75, 3.05) is 7.05 Å². The van der Waals surface area contributed by atoms with E-state index in [1.165, 1.54) is 25.7 Å². The van der Waals surface area contributed by atoms with Crippen molar-refractivity contribution in [1.82, 2.24) is 25.5 Å². The number of hydrogen-bond donors (Lipinski definition) is 1. The van der Waals surface area contributed by atoms with Crippen molar-refractivity contribution >= 4 is 0 Å². The van der Waals surface area contributed by atoms with Crippen LogP contribution in [0.15, 0.2) is 0 Å². The summed E-state index contributed by atoms with van der Waals surface area (Å²) in [5.41, 5.74) is 0. The van der Waals surface area contributed by atoms with E-state index in [9.17, 15) is 0 Å². The van der Waals surface area contributed by atoms with Gasteiger partial charge >= 0.3 is 0 Å². The molecule has 0 amide bonds. The third-order valence-electron chi connectivity index (χ3n) is 3.72. The van der Waals surface area contributed by atoms with E-state index in [-0.39, 0.29) is 6.04 Å². The van der Waals surface area contributed by atoms with Gasteiger partial charge in [0.05, 0.1) is 12.1 Å². The van der Waals surface area contributed by atoms with Crippen molar-refractivity contribution in [2.45, 2.75) is 51.6 Å². The summed E-state index contributed by atoms with van der Waals surface area (Å²) >= 11 is 0. The van der Waals surface area contributed by atoms with Crippen LogP contribution in [-0.2, 0) is 0 Å². The highest BCUT2D eigenvalue weighted by Crippen LogP contribution is 2.33. The molecule has 0 aliphatic heterocycles. The van der Waals surface area contributed by atoms with Gasteiger partial charge in [0.2, 0.25) is 0 Å². The largest absolute Gasteiger partial charge is 0.311 e. The molecule has 0 aromatic carbocycles. The first-order valence-corrected chi connectivity index (χ1v) is 6.19. The Morgan fingerprint density at radius 1 is 1.38 bits per heavy atom. The lowest BCUT2D eigenvalue weighted by Gasteiger charge is -2.29. The van der Waals surface area contributed by atoms with Gasteiger partial charge in [0.15, 0.2) is 5.82 Å². The maximum atomic E-state index is 4.17. The van der Waals surface area contributed by atoms with E-state index in [0.29, 0.717) is 12.0 Å². The lowest BCUT2D eigenvalue weighted by molar-refractivity contribution is 0.228. The molecule has 1 heterocycles. The zero-order valence-corrected chi connectivity index (χ0v) is 10.3. The number of tetrazole rings is 1. The standard InChI is InChI=1S/C11H21N5/c1-8-6-4-5-7-10(8)16-11(9(2)12-3)13-14-15-16/h8-10,12H,4-7H2,1-3H3. The number of nitrogens with zero attached hydrogens (tertiary/aromatic N) is 4. The summed E-state index contributed by atoms with van der Waals surface area (Å²) in [5.74, 6) is 1.64. The van der Waals surface area contributed by atoms with Crippen molar-refractivity contribution in [2.24, 2.45) is 5.92 Å². The Bertz CT molecular complexity index is 335. The summed E-state index contributed by atoms with van der Waals surface area (Å²) in [7, 11) is 1.94. The fraction of sp³-hybridized carbons (Fsp3) is 0.909. The molecule has 5 nitrogen and oxygen atoms in total. The predicted molar refractivity (Wildman–Crippen MR) is 62.0 cm³/mol. The second-order valence-electron chi connectivity index (χ2n) is 4.82. The second kappa shape index (κ2) is 4.91. The number of nitrogens with one attached hydrogen (secondary N) is 1. The summed E-state index contributed by atoms with van der Waals surface area (Å²) < 4.78 is 2.03. The lowest BCUT2D eigenvalue weighted by Crippen LogP contribution is -2.27. The van der Waals surface area contributed by atoms with Crippen LogP contribution in [0, 0.1) is 5.92 Å². The van der Waals surface area contributed by atoms with Gasteiger partial charge in [-0.2, -0.15) is 0 Å². The van der Waals surface area contributed by atoms with Gasteiger partial charge in [0.1, 0.15) is 0 Å². The van der Waals surface area contributed by atoms with Crippen LogP contribution in [0.2, 0.25) is 0 Å². The van der Waals surface area contributed by atoms with E-state index in [0.717, 1.165) is 5.82 Å². The quantitative estimate of drug-likeness (QED) is 0.847. The van der Waals surface area contributed by atoms with Gasteiger partial charge in [-0.1, -0.05) is 19.8 Å². The van der Waals surface area contributed by atoms with Gasteiger partial charge in [-0.05, 0) is 43.2 Å². The average molecular weight is 223 g/mol. The molecule has 1 saturated carbocycles. The van der Waals surface area contributed by atoms with E-state index < -0.39 is 0 Å². The van der Waals surface area contributed by atoms with Gasteiger partial charge in [-0.15, -0.1) is 5.10 Å². The predicted octanol–water partition coefficient (Wildman–Crippen LogP) is 1.70. The van der Waals surface area contributed by atoms with E-state index in [1.807, 2.05) is 11.7 Å². The van der Waals surface area contributed by atoms with Crippen LogP contribution in [0.25, 0.3) is 0 Å². The summed E-state index contributed by atoms with van der Waals surface area (Å²) in [5, 5.41) is 15.3. The minimum absolute atomic E-state index is 0.212. The molecule has 0 saturated heterocycles. The molecule has 1 aromatic heterocycles. The first-order valence-electron chi connectivity index (χ1n) is 6.19. The van der Waals surface area contributed by atoms with E-state index in [2.05, 4.69) is 34.7 Å². The average Bonchev–Trinajstić information content (AvgIpc) is 2.77. The number of hydrogen-bond acceptors (Lipinski definition) is 4. The maximum absolute atomic E-state index is 4.17. The molecule has 5 heteroatoms. The van der Waals surface area contributed by atoms with Crippen molar-refractivity contribution in [3.05, 3.63) is 5.82 Å². The van der Waals surface area contributed by atoms with Gasteiger partial charge in [-0.3, -0.25) is 0 Å². The van der Waals surface area contributed by atoms with Crippen molar-refractivity contribution in [3.63, 3.8) is 0 Å². The molecule has 1 aliphatic rings. The smallest absolute Gasteiger partial charge is 0.168 e. The molecule has 2 rings (SSSR count). The Hall–Kier alpha value is -0.970. The summed E-state index contributed by atoms with van der Waals surface area (Å²) in [6.45, 7) is 4.40. The summed E-state index contributed by atoms with van der Waals surface area (Å²) in [4.78, 5) is 0. The van der Waals surface area contributed by atoms with Gasteiger partial charge in [-0.25, -0.2) is 4.68 Å². The van der Waals surface area contributed by atoms with Crippen molar-refractivity contribution in [1.29, 1.82) is 0 Å². The topological polar surface area (TPSA) is 55.6 Å². The first-order chi connectivity index (χ1) is 7.74. The third kappa shape index (κ3) is 2.09. The SMILES string of the molecule is CNC(C)c1nnnn1C1CCCCC1C. The Morgan fingerprint density at radius 3 is 2.81 bits per heavy atom. The van der Waals surface area contributed by atoms with Gasteiger partial charge < -0.3 is 5.32 Å². The minimum atomic E-state index is 0.212. The molecule has 90 valence electrons. The van der Waals surface area contributed by atoms with Gasteiger partial charge in [0, 0.05) is 0 Å². The molecule has 3 atom stereocenters. The molecule has 0 bridgehead atoms. The Labute approximate surface area is 96.6 Å². The lowest BCUT2D eigenvalue weighted by atomic mass is 9.86. The van der Waals surface area contributed by atoms with E-state index in [1.54, 1.807) is 0 Å². The van der Waals surface area contributed by atoms with Crippen LogP contribution in [-0.4, -0.2) is 27.3 Å². The second-order valence-corrected chi connectivity index (χ2v) is 4.82. The van der Waals surface area contributed by atoms with Crippen molar-refractivity contribution in [3.8, 4) is 0 Å². The molecule has 16 heavy (non-hydrogen) atoms. The monoisotopic (exact) mass is 223 g/mol. The molecule has 1 aliphatic carbocycles. The highest BCUT2D eigenvalue weighted by Gasteiger charge is 2.27. The number of rotatable bonds is 3. The van der Waals surface area contributed by atoms with Crippen LogP contribution < -0.4 is 5.32 Å². The zero-order chi connectivity index (χ0) is 11.5. The van der Waals surface area contributed by atoms with Crippen LogP contribution in [0.1, 0.15) is 57.4 Å². The van der Waals surface area contributed by atoms with Crippen LogP contribution in [0.4, 0.5) is 0 Å². The van der Waals surface area contributed by atoms with Crippen LogP contribution >= 0.6 is 0 Å². The molecule has 1 fully saturated rings. The molecular weight excluding hydrogens is 202 g/mol. The Morgan fingerprint density at radius 2 is 2.12 bits per heavy atom. The molecule has 3 unspecified atom stereocenters. The fourth-order valence-corrected chi connectivity index (χ4v) is 2.51. The molecule has 1 aromatic rings. The summed E-state index contributed by atoms with van der Waals surface area (Å²) in [6, 6.07) is 0.693. The third-order valence-corrected chi connectivity index (χ3v) is 3.72. The normalized spacial score (nSPS) is 27.9. The maximum Gasteiger partial charge on any atom is 0.168 e. The molecular formula is C11H21N5. The number of aromatic nitrogens is 4. The Balaban J connectivity index is 2.22. The van der Waals surface area contributed by atoms with Crippen LogP contribution in [0.3, 0.4) is 0 Å². The summed E-state index contributed by atoms with van der Waals surface area (Å²) in [6.07, 6.45) is 5.13. The van der Waals surface area contributed by atoms with Crippen molar-refractivity contribution < 1.29 is 0 Å². The molecule has 0 spiro atoms. The van der Waals surface area contributed by atoms with E-state index in [4.69, 9.17) is 0 Å². The fourth-order valence-electron chi connectivity index (χ4n) is 2.51. The molecule has 0 radical (unpaired) electrons. The van der Waals surface area contributed by atoms with Gasteiger partial charge in [0.25, 0.3) is 0 Å². The zero-order valence-electron chi connectivity index (χ0n) is 10.3. The highest BCUT2D eigenvalue weighted by molar-refractivity contribution is 4.93. The minimum Gasteiger partial charge on any atom is -0.311 e.